The number of benzene rings is 3. The molecule has 0 fully saturated rings. The average molecular weight is 681 g/mol. The van der Waals surface area contributed by atoms with Crippen molar-refractivity contribution >= 4 is 35.3 Å². The van der Waals surface area contributed by atoms with Gasteiger partial charge in [-0.25, -0.2) is 5.43 Å². The maximum atomic E-state index is 12.8. The minimum Gasteiger partial charge on any atom is -0.490 e. The number of nitrogens with one attached hydrogen (secondary N) is 2. The van der Waals surface area contributed by atoms with Gasteiger partial charge in [-0.3, -0.25) is 9.59 Å². The van der Waals surface area contributed by atoms with Gasteiger partial charge in [-0.15, -0.1) is 6.58 Å². The van der Waals surface area contributed by atoms with Crippen molar-refractivity contribution < 1.29 is 28.2 Å². The van der Waals surface area contributed by atoms with Gasteiger partial charge in [0.1, 0.15) is 18.1 Å². The number of hydrogen-bond acceptors (Lipinski definition) is 7. The molecule has 0 saturated heterocycles. The molecule has 2 amide bonds. The van der Waals surface area contributed by atoms with Gasteiger partial charge in [-0.1, -0.05) is 17.7 Å². The number of aryl methyl sites for hydroxylation is 2. The number of nitrogens with zero attached hydrogens (tertiary/aromatic N) is 2. The second-order valence-corrected chi connectivity index (χ2v) is 11.4. The third-order valence-corrected chi connectivity index (χ3v) is 7.56. The van der Waals surface area contributed by atoms with Gasteiger partial charge in [0.15, 0.2) is 23.9 Å². The lowest BCUT2D eigenvalue weighted by Crippen LogP contribution is -2.21. The molecular formula is C38H37ClN4O6. The van der Waals surface area contributed by atoms with Crippen molar-refractivity contribution in [1.82, 2.24) is 9.99 Å². The van der Waals surface area contributed by atoms with E-state index < -0.39 is 5.91 Å². The summed E-state index contributed by atoms with van der Waals surface area (Å²) in [4.78, 5) is 25.3. The van der Waals surface area contributed by atoms with Crippen LogP contribution in [0.4, 0.5) is 5.69 Å². The Labute approximate surface area is 289 Å². The van der Waals surface area contributed by atoms with Crippen molar-refractivity contribution in [2.45, 2.75) is 33.8 Å². The van der Waals surface area contributed by atoms with E-state index in [4.69, 9.17) is 30.2 Å². The Morgan fingerprint density at radius 1 is 0.939 bits per heavy atom. The number of furan rings is 1. The number of allylic oxidation sites excluding steroid dienone is 1. The molecular weight excluding hydrogens is 644 g/mol. The van der Waals surface area contributed by atoms with E-state index in [0.29, 0.717) is 52.3 Å². The quantitative estimate of drug-likeness (QED) is 0.0662. The Morgan fingerprint density at radius 3 is 2.37 bits per heavy atom. The molecule has 10 nitrogen and oxygen atoms in total. The molecule has 0 atom stereocenters. The van der Waals surface area contributed by atoms with E-state index in [1.807, 2.05) is 37.3 Å². The minimum absolute atomic E-state index is 0.0904. The van der Waals surface area contributed by atoms with Crippen LogP contribution in [0.3, 0.4) is 0 Å². The Kier molecular flexibility index (Phi) is 11.6. The molecule has 0 radical (unpaired) electrons. The number of hydrazone groups is 1. The maximum absolute atomic E-state index is 12.8. The third-order valence-electron chi connectivity index (χ3n) is 7.31. The highest BCUT2D eigenvalue weighted by Gasteiger charge is 2.16. The number of rotatable bonds is 15. The highest BCUT2D eigenvalue weighted by molar-refractivity contribution is 6.30. The van der Waals surface area contributed by atoms with Crippen LogP contribution in [0.15, 0.2) is 107 Å². The van der Waals surface area contributed by atoms with Crippen molar-refractivity contribution in [3.05, 3.63) is 137 Å². The molecule has 0 aliphatic heterocycles. The van der Waals surface area contributed by atoms with Crippen LogP contribution in [0.5, 0.6) is 17.2 Å². The first kappa shape index (κ1) is 34.6. The Balaban J connectivity index is 1.18. The first-order valence-corrected chi connectivity index (χ1v) is 16.0. The standard InChI is InChI=1S/C38H37ClN4O6/c1-5-7-28-20-27(21-35(46-6-2)37(28)48-24-36(44)41-30-12-10-29(39)11-13-30)22-40-42-38(45)34-19-18-33(49-34)23-47-32-16-14-31(15-17-32)43-25(3)8-9-26(43)4/h5,8-22H,1,6-7,23-24H2,2-4H3,(H,41,44)(H,42,45)/b40-22+. The molecule has 0 spiro atoms. The van der Waals surface area contributed by atoms with E-state index in [1.165, 1.54) is 6.21 Å². The van der Waals surface area contributed by atoms with Crippen LogP contribution >= 0.6 is 11.6 Å². The second kappa shape index (κ2) is 16.4. The molecule has 252 valence electrons. The van der Waals surface area contributed by atoms with Gasteiger partial charge >= 0.3 is 5.91 Å². The number of hydrogen-bond donors (Lipinski definition) is 2. The van der Waals surface area contributed by atoms with Gasteiger partial charge in [0.05, 0.1) is 12.8 Å². The fourth-order valence-electron chi connectivity index (χ4n) is 5.08. The number of ether oxygens (including phenoxy) is 3. The second-order valence-electron chi connectivity index (χ2n) is 11.0. The van der Waals surface area contributed by atoms with Gasteiger partial charge in [0, 0.05) is 33.3 Å². The Bertz CT molecular complexity index is 1920. The Hall–Kier alpha value is -5.74. The van der Waals surface area contributed by atoms with E-state index in [2.05, 4.69) is 53.0 Å². The number of carbonyl (C=O) groups excluding carboxylic acids is 2. The lowest BCUT2D eigenvalue weighted by molar-refractivity contribution is -0.118. The molecule has 0 unspecified atom stereocenters. The molecule has 0 saturated carbocycles. The number of halogens is 1. The summed E-state index contributed by atoms with van der Waals surface area (Å²) in [5.74, 6) is 1.24. The molecule has 3 aromatic carbocycles. The van der Waals surface area contributed by atoms with Gasteiger partial charge in [0.2, 0.25) is 0 Å². The van der Waals surface area contributed by atoms with Gasteiger partial charge < -0.3 is 28.5 Å². The van der Waals surface area contributed by atoms with Gasteiger partial charge in [-0.2, -0.15) is 5.10 Å². The zero-order valence-electron chi connectivity index (χ0n) is 27.5. The topological polar surface area (TPSA) is 116 Å². The SMILES string of the molecule is C=CCc1cc(/C=N/NC(=O)c2ccc(COc3ccc(-n4c(C)ccc4C)cc3)o2)cc(OCC)c1OCC(=O)Nc1ccc(Cl)cc1. The summed E-state index contributed by atoms with van der Waals surface area (Å²) in [7, 11) is 0. The van der Waals surface area contributed by atoms with E-state index in [9.17, 15) is 9.59 Å². The molecule has 0 bridgehead atoms. The number of amides is 2. The maximum Gasteiger partial charge on any atom is 0.307 e. The van der Waals surface area contributed by atoms with Crippen LogP contribution in [-0.2, 0) is 17.8 Å². The van der Waals surface area contributed by atoms with Crippen molar-refractivity contribution in [3.63, 3.8) is 0 Å². The van der Waals surface area contributed by atoms with E-state index in [1.54, 1.807) is 48.5 Å². The van der Waals surface area contributed by atoms with Crippen LogP contribution in [0.25, 0.3) is 5.69 Å². The number of anilines is 1. The predicted molar refractivity (Wildman–Crippen MR) is 190 cm³/mol. The van der Waals surface area contributed by atoms with Crippen molar-refractivity contribution in [3.8, 4) is 22.9 Å². The third kappa shape index (κ3) is 9.21. The fourth-order valence-corrected chi connectivity index (χ4v) is 5.21. The van der Waals surface area contributed by atoms with Crippen molar-refractivity contribution in [2.24, 2.45) is 5.10 Å². The molecule has 11 heteroatoms. The zero-order chi connectivity index (χ0) is 34.8. The van der Waals surface area contributed by atoms with E-state index in [-0.39, 0.29) is 24.9 Å². The smallest absolute Gasteiger partial charge is 0.307 e. The monoisotopic (exact) mass is 680 g/mol. The number of aromatic nitrogens is 1. The molecule has 5 rings (SSSR count). The lowest BCUT2D eigenvalue weighted by Gasteiger charge is -2.16. The minimum atomic E-state index is -0.521. The van der Waals surface area contributed by atoms with Crippen LogP contribution < -0.4 is 25.0 Å². The zero-order valence-corrected chi connectivity index (χ0v) is 28.3. The summed E-state index contributed by atoms with van der Waals surface area (Å²) >= 11 is 5.92. The molecule has 5 aromatic rings. The number of carbonyl (C=O) groups is 2. The summed E-state index contributed by atoms with van der Waals surface area (Å²) < 4.78 is 25.5. The van der Waals surface area contributed by atoms with Gasteiger partial charge in [-0.05, 0) is 118 Å². The van der Waals surface area contributed by atoms with Gasteiger partial charge in [0.25, 0.3) is 5.91 Å². The summed E-state index contributed by atoms with van der Waals surface area (Å²) in [6.07, 6.45) is 3.64. The predicted octanol–water partition coefficient (Wildman–Crippen LogP) is 7.83. The average Bonchev–Trinajstić information content (AvgIpc) is 3.71. The summed E-state index contributed by atoms with van der Waals surface area (Å²) in [5.41, 5.74) is 7.82. The van der Waals surface area contributed by atoms with Crippen LogP contribution in [0, 0.1) is 13.8 Å². The molecule has 0 aliphatic rings. The summed E-state index contributed by atoms with van der Waals surface area (Å²) in [5, 5.41) is 7.45. The van der Waals surface area contributed by atoms with Crippen LogP contribution in [-0.4, -0.2) is 35.8 Å². The first-order chi connectivity index (χ1) is 23.7. The highest BCUT2D eigenvalue weighted by atomic mass is 35.5. The molecule has 2 N–H and O–H groups in total. The van der Waals surface area contributed by atoms with Crippen molar-refractivity contribution in [1.29, 1.82) is 0 Å². The molecule has 2 heterocycles. The first-order valence-electron chi connectivity index (χ1n) is 15.6. The molecule has 49 heavy (non-hydrogen) atoms. The van der Waals surface area contributed by atoms with Crippen LogP contribution in [0.1, 0.15) is 45.8 Å². The summed E-state index contributed by atoms with van der Waals surface area (Å²) in [6, 6.07) is 25.5. The van der Waals surface area contributed by atoms with E-state index in [0.717, 1.165) is 22.6 Å². The molecule has 0 aliphatic carbocycles. The fraction of sp³-hybridized carbons (Fsp3) is 0.184. The van der Waals surface area contributed by atoms with Crippen molar-refractivity contribution in [2.75, 3.05) is 18.5 Å². The lowest BCUT2D eigenvalue weighted by atomic mass is 10.1. The largest absolute Gasteiger partial charge is 0.490 e. The Morgan fingerprint density at radius 2 is 1.67 bits per heavy atom. The normalized spacial score (nSPS) is 10.9. The van der Waals surface area contributed by atoms with Crippen LogP contribution in [0.2, 0.25) is 5.02 Å². The highest BCUT2D eigenvalue weighted by Crippen LogP contribution is 2.34. The van der Waals surface area contributed by atoms with E-state index >= 15 is 0 Å². The molecule has 2 aromatic heterocycles. The summed E-state index contributed by atoms with van der Waals surface area (Å²) in [6.45, 7) is 10.1.